The number of hydrogen-bond acceptors (Lipinski definition) is 7. The van der Waals surface area contributed by atoms with Crippen molar-refractivity contribution in [2.45, 2.75) is 35.3 Å². The minimum Gasteiger partial charge on any atom is -0.494 e. The van der Waals surface area contributed by atoms with Gasteiger partial charge >= 0.3 is 0 Å². The molecule has 3 aromatic rings. The number of nitrogens with one attached hydrogen (secondary N) is 1. The second-order valence-electron chi connectivity index (χ2n) is 8.84. The van der Waals surface area contributed by atoms with Crippen molar-refractivity contribution in [3.05, 3.63) is 84.4 Å². The van der Waals surface area contributed by atoms with Crippen LogP contribution in [0.1, 0.15) is 36.0 Å². The summed E-state index contributed by atoms with van der Waals surface area (Å²) in [5.41, 5.74) is 4.28. The SMILES string of the molecule is O=C(CCCOc1ccc(S(=O)(=O)C2(C(=O)NO)CCOCC2)cc1)c1ccc(-c2ccccc2)cc1. The Labute approximate surface area is 216 Å². The fourth-order valence-electron chi connectivity index (χ4n) is 4.41. The Bertz CT molecular complexity index is 1320. The smallest absolute Gasteiger partial charge is 0.265 e. The molecule has 0 radical (unpaired) electrons. The molecule has 0 aromatic heterocycles. The highest BCUT2D eigenvalue weighted by Gasteiger charge is 2.52. The molecule has 194 valence electrons. The van der Waals surface area contributed by atoms with Crippen LogP contribution >= 0.6 is 0 Å². The number of hydroxylamine groups is 1. The van der Waals surface area contributed by atoms with Crippen LogP contribution in [0.15, 0.2) is 83.8 Å². The minimum atomic E-state index is -4.09. The molecule has 8 nitrogen and oxygen atoms in total. The number of rotatable bonds is 10. The largest absolute Gasteiger partial charge is 0.494 e. The van der Waals surface area contributed by atoms with Crippen LogP contribution < -0.4 is 10.2 Å². The van der Waals surface area contributed by atoms with Crippen LogP contribution in [0, 0.1) is 0 Å². The highest BCUT2D eigenvalue weighted by atomic mass is 32.2. The van der Waals surface area contributed by atoms with E-state index in [1.165, 1.54) is 29.7 Å². The van der Waals surface area contributed by atoms with Crippen molar-refractivity contribution in [1.82, 2.24) is 5.48 Å². The molecule has 1 aliphatic rings. The van der Waals surface area contributed by atoms with E-state index in [0.29, 0.717) is 24.2 Å². The summed E-state index contributed by atoms with van der Waals surface area (Å²) in [5, 5.41) is 9.15. The van der Waals surface area contributed by atoms with Gasteiger partial charge in [-0.25, -0.2) is 13.9 Å². The Morgan fingerprint density at radius 2 is 1.51 bits per heavy atom. The Morgan fingerprint density at radius 1 is 0.892 bits per heavy atom. The number of ether oxygens (including phenoxy) is 2. The number of carbonyl (C=O) groups excluding carboxylic acids is 2. The fourth-order valence-corrected chi connectivity index (χ4v) is 6.35. The second kappa shape index (κ2) is 11.7. The van der Waals surface area contributed by atoms with Gasteiger partial charge in [0.2, 0.25) is 0 Å². The molecule has 1 saturated heterocycles. The van der Waals surface area contributed by atoms with Gasteiger partial charge in [-0.05, 0) is 54.7 Å². The van der Waals surface area contributed by atoms with Crippen LogP contribution in [0.5, 0.6) is 5.75 Å². The van der Waals surface area contributed by atoms with E-state index < -0.39 is 20.5 Å². The fraction of sp³-hybridized carbons (Fsp3) is 0.286. The lowest BCUT2D eigenvalue weighted by Crippen LogP contribution is -2.54. The number of hydrogen-bond donors (Lipinski definition) is 2. The number of carbonyl (C=O) groups is 2. The lowest BCUT2D eigenvalue weighted by Gasteiger charge is -2.34. The maximum absolute atomic E-state index is 13.3. The van der Waals surface area contributed by atoms with Gasteiger partial charge in [0.25, 0.3) is 5.91 Å². The zero-order valence-electron chi connectivity index (χ0n) is 20.3. The molecule has 2 N–H and O–H groups in total. The van der Waals surface area contributed by atoms with Gasteiger partial charge in [-0.2, -0.15) is 0 Å². The Balaban J connectivity index is 1.31. The van der Waals surface area contributed by atoms with Crippen LogP contribution in [0.2, 0.25) is 0 Å². The molecule has 37 heavy (non-hydrogen) atoms. The first-order valence-electron chi connectivity index (χ1n) is 12.1. The minimum absolute atomic E-state index is 0.0218. The van der Waals surface area contributed by atoms with E-state index in [2.05, 4.69) is 0 Å². The molecule has 0 saturated carbocycles. The predicted octanol–water partition coefficient (Wildman–Crippen LogP) is 4.22. The molecular weight excluding hydrogens is 494 g/mol. The highest BCUT2D eigenvalue weighted by Crippen LogP contribution is 2.35. The molecule has 0 atom stereocenters. The maximum Gasteiger partial charge on any atom is 0.265 e. The monoisotopic (exact) mass is 523 g/mol. The molecule has 1 fully saturated rings. The standard InChI is InChI=1S/C28H29NO7S/c30-26(23-10-8-22(9-11-23)21-5-2-1-3-6-21)7-4-18-36-24-12-14-25(15-13-24)37(33,34)28(27(31)29-32)16-19-35-20-17-28/h1-3,5-6,8-15,32H,4,7,16-20H2,(H,29,31). The Kier molecular flexibility index (Phi) is 8.38. The van der Waals surface area contributed by atoms with E-state index in [0.717, 1.165) is 11.1 Å². The van der Waals surface area contributed by atoms with Crippen molar-refractivity contribution in [2.24, 2.45) is 0 Å². The van der Waals surface area contributed by atoms with Gasteiger partial charge in [0.15, 0.2) is 20.4 Å². The number of benzene rings is 3. The molecule has 4 rings (SSSR count). The predicted molar refractivity (Wildman–Crippen MR) is 137 cm³/mol. The summed E-state index contributed by atoms with van der Waals surface area (Å²) in [6.45, 7) is 0.488. The molecule has 1 amide bonds. The van der Waals surface area contributed by atoms with Crippen LogP contribution in [-0.2, 0) is 19.4 Å². The van der Waals surface area contributed by atoms with Gasteiger partial charge in [0.1, 0.15) is 5.75 Å². The summed E-state index contributed by atoms with van der Waals surface area (Å²) in [7, 11) is -4.09. The molecular formula is C28H29NO7S. The maximum atomic E-state index is 13.3. The van der Waals surface area contributed by atoms with Gasteiger partial charge in [-0.1, -0.05) is 54.6 Å². The zero-order chi connectivity index (χ0) is 26.3. The Hall–Kier alpha value is -3.53. The summed E-state index contributed by atoms with van der Waals surface area (Å²) in [5.74, 6) is -0.490. The first kappa shape index (κ1) is 26.5. The van der Waals surface area contributed by atoms with E-state index in [1.54, 1.807) is 0 Å². The summed E-state index contributed by atoms with van der Waals surface area (Å²) in [4.78, 5) is 24.8. The zero-order valence-corrected chi connectivity index (χ0v) is 21.1. The van der Waals surface area contributed by atoms with Crippen molar-refractivity contribution in [3.8, 4) is 16.9 Å². The van der Waals surface area contributed by atoms with E-state index in [9.17, 15) is 18.0 Å². The van der Waals surface area contributed by atoms with Crippen molar-refractivity contribution in [2.75, 3.05) is 19.8 Å². The molecule has 0 aliphatic carbocycles. The molecule has 1 heterocycles. The molecule has 0 unspecified atom stereocenters. The van der Waals surface area contributed by atoms with Crippen molar-refractivity contribution in [1.29, 1.82) is 0 Å². The normalized spacial score (nSPS) is 15.1. The second-order valence-corrected chi connectivity index (χ2v) is 11.1. The number of sulfone groups is 1. The van der Waals surface area contributed by atoms with Gasteiger partial charge < -0.3 is 9.47 Å². The van der Waals surface area contributed by atoms with Crippen molar-refractivity contribution in [3.63, 3.8) is 0 Å². The van der Waals surface area contributed by atoms with Crippen LogP contribution in [0.3, 0.4) is 0 Å². The average Bonchev–Trinajstić information content (AvgIpc) is 2.96. The Morgan fingerprint density at radius 3 is 2.14 bits per heavy atom. The number of ketones is 1. The van der Waals surface area contributed by atoms with Gasteiger partial charge in [-0.15, -0.1) is 0 Å². The van der Waals surface area contributed by atoms with Crippen LogP contribution in [-0.4, -0.2) is 49.9 Å². The van der Waals surface area contributed by atoms with Crippen molar-refractivity contribution < 1.29 is 32.7 Å². The van der Waals surface area contributed by atoms with Crippen LogP contribution in [0.25, 0.3) is 11.1 Å². The summed E-state index contributed by atoms with van der Waals surface area (Å²) >= 11 is 0. The molecule has 0 bridgehead atoms. The molecule has 3 aromatic carbocycles. The summed E-state index contributed by atoms with van der Waals surface area (Å²) in [6.07, 6.45) is 0.711. The van der Waals surface area contributed by atoms with E-state index in [-0.39, 0.29) is 43.3 Å². The van der Waals surface area contributed by atoms with Crippen LogP contribution in [0.4, 0.5) is 0 Å². The lowest BCUT2D eigenvalue weighted by atomic mass is 9.98. The van der Waals surface area contributed by atoms with Gasteiger partial charge in [0, 0.05) is 25.2 Å². The quantitative estimate of drug-likeness (QED) is 0.177. The third-order valence-electron chi connectivity index (χ3n) is 6.60. The lowest BCUT2D eigenvalue weighted by molar-refractivity contribution is -0.134. The third-order valence-corrected chi connectivity index (χ3v) is 9.11. The molecule has 1 aliphatic heterocycles. The first-order chi connectivity index (χ1) is 17.9. The topological polar surface area (TPSA) is 119 Å². The van der Waals surface area contributed by atoms with E-state index >= 15 is 0 Å². The number of amides is 1. The summed E-state index contributed by atoms with van der Waals surface area (Å²) < 4.78 is 35.7. The average molecular weight is 524 g/mol. The van der Waals surface area contributed by atoms with Gasteiger partial charge in [-0.3, -0.25) is 14.8 Å². The highest BCUT2D eigenvalue weighted by molar-refractivity contribution is 7.93. The van der Waals surface area contributed by atoms with E-state index in [1.807, 2.05) is 54.6 Å². The summed E-state index contributed by atoms with van der Waals surface area (Å²) in [6, 6.07) is 23.3. The first-order valence-corrected chi connectivity index (χ1v) is 13.5. The molecule has 0 spiro atoms. The number of Topliss-reactive ketones (excluding diaryl/α,β-unsaturated/α-hetero) is 1. The van der Waals surface area contributed by atoms with E-state index in [4.69, 9.17) is 14.7 Å². The molecule has 9 heteroatoms. The third kappa shape index (κ3) is 5.74. The van der Waals surface area contributed by atoms with Gasteiger partial charge in [0.05, 0.1) is 11.5 Å². The van der Waals surface area contributed by atoms with Crippen molar-refractivity contribution >= 4 is 21.5 Å².